The van der Waals surface area contributed by atoms with Gasteiger partial charge in [-0.3, -0.25) is 9.59 Å². The Bertz CT molecular complexity index is 946. The number of aromatic carboxylic acids is 4. The van der Waals surface area contributed by atoms with E-state index in [2.05, 4.69) is 0 Å². The number of hydrogen-bond acceptors (Lipinski definition) is 6. The highest BCUT2D eigenvalue weighted by Gasteiger charge is 2.07. The van der Waals surface area contributed by atoms with Crippen molar-refractivity contribution in [3.63, 3.8) is 0 Å². The molecule has 0 heterocycles. The quantitative estimate of drug-likeness (QED) is 0.286. The first-order valence-electron chi connectivity index (χ1n) is 9.42. The Labute approximate surface area is 192 Å². The van der Waals surface area contributed by atoms with Gasteiger partial charge in [-0.05, 0) is 55.3 Å². The Morgan fingerprint density at radius 2 is 0.765 bits per heavy atom. The highest BCUT2D eigenvalue weighted by atomic mass is 16.4. The van der Waals surface area contributed by atoms with E-state index in [4.69, 9.17) is 30.6 Å². The van der Waals surface area contributed by atoms with Crippen molar-refractivity contribution in [2.45, 2.75) is 25.7 Å². The fourth-order valence-corrected chi connectivity index (χ4v) is 2.09. The molecule has 0 saturated heterocycles. The third-order valence-electron chi connectivity index (χ3n) is 3.77. The van der Waals surface area contributed by atoms with Crippen molar-refractivity contribution in [1.29, 1.82) is 0 Å². The lowest BCUT2D eigenvalue weighted by Crippen LogP contribution is -2.01. The second kappa shape index (κ2) is 15.1. The summed E-state index contributed by atoms with van der Waals surface area (Å²) >= 11 is 0. The predicted molar refractivity (Wildman–Crippen MR) is 114 cm³/mol. The molecule has 2 rings (SSSR count). The summed E-state index contributed by atoms with van der Waals surface area (Å²) in [6.07, 6.45) is 1.02. The average molecular weight is 478 g/mol. The standard InChI is InChI=1S/2C8H6O4.C6H10O4/c9-7(10)5-1-2-6(4-3-5)8(11)12;9-7(10)5-2-1-3-6(4-5)8(11)12;7-5(8)3-1-2-4-6(9)10/h2*1-4H,(H,9,10)(H,11,12);1-4H2,(H,7,8)(H,9,10). The SMILES string of the molecule is O=C(O)CCCCC(=O)O.O=C(O)c1ccc(C(=O)O)cc1.O=C(O)c1cccc(C(=O)O)c1. The van der Waals surface area contributed by atoms with Crippen LogP contribution in [0.4, 0.5) is 0 Å². The maximum absolute atomic E-state index is 10.4. The number of hydrogen-bond donors (Lipinski definition) is 6. The smallest absolute Gasteiger partial charge is 0.335 e. The molecule has 12 heteroatoms. The molecule has 0 aliphatic carbocycles. The molecule has 0 fully saturated rings. The lowest BCUT2D eigenvalue weighted by atomic mass is 10.1. The van der Waals surface area contributed by atoms with Crippen molar-refractivity contribution in [3.8, 4) is 0 Å². The zero-order valence-corrected chi connectivity index (χ0v) is 17.6. The van der Waals surface area contributed by atoms with Crippen molar-refractivity contribution in [1.82, 2.24) is 0 Å². The zero-order chi connectivity index (χ0) is 26.3. The first-order valence-corrected chi connectivity index (χ1v) is 9.42. The minimum Gasteiger partial charge on any atom is -0.481 e. The molecule has 0 radical (unpaired) electrons. The molecule has 2 aromatic rings. The Balaban J connectivity index is 0.000000484. The second-order valence-corrected chi connectivity index (χ2v) is 6.37. The topological polar surface area (TPSA) is 224 Å². The van der Waals surface area contributed by atoms with Crippen LogP contribution in [0.3, 0.4) is 0 Å². The highest BCUT2D eigenvalue weighted by Crippen LogP contribution is 2.05. The van der Waals surface area contributed by atoms with E-state index in [9.17, 15) is 28.8 Å². The molecule has 2 aromatic carbocycles. The molecule has 0 amide bonds. The summed E-state index contributed by atoms with van der Waals surface area (Å²) in [7, 11) is 0. The largest absolute Gasteiger partial charge is 0.481 e. The number of carbonyl (C=O) groups is 6. The fourth-order valence-electron chi connectivity index (χ4n) is 2.09. The van der Waals surface area contributed by atoms with Gasteiger partial charge in [-0.15, -0.1) is 0 Å². The van der Waals surface area contributed by atoms with E-state index in [1.54, 1.807) is 0 Å². The van der Waals surface area contributed by atoms with E-state index in [1.165, 1.54) is 42.5 Å². The molecular formula is C22H22O12. The summed E-state index contributed by atoms with van der Waals surface area (Å²) in [6, 6.07) is 10.2. The Kier molecular flexibility index (Phi) is 13.0. The van der Waals surface area contributed by atoms with Gasteiger partial charge in [0.15, 0.2) is 0 Å². The summed E-state index contributed by atoms with van der Waals surface area (Å²) in [4.78, 5) is 61.2. The average Bonchev–Trinajstić information content (AvgIpc) is 2.77. The van der Waals surface area contributed by atoms with E-state index < -0.39 is 35.8 Å². The maximum atomic E-state index is 10.4. The molecule has 12 nitrogen and oxygen atoms in total. The van der Waals surface area contributed by atoms with Crippen LogP contribution in [0.15, 0.2) is 48.5 Å². The van der Waals surface area contributed by atoms with Gasteiger partial charge in [0.05, 0.1) is 22.3 Å². The van der Waals surface area contributed by atoms with Gasteiger partial charge < -0.3 is 30.6 Å². The van der Waals surface area contributed by atoms with Gasteiger partial charge in [0.2, 0.25) is 0 Å². The predicted octanol–water partition coefficient (Wildman–Crippen LogP) is 2.88. The molecule has 0 spiro atoms. The molecule has 0 atom stereocenters. The normalized spacial score (nSPS) is 9.29. The van der Waals surface area contributed by atoms with Crippen molar-refractivity contribution in [3.05, 3.63) is 70.8 Å². The van der Waals surface area contributed by atoms with Crippen LogP contribution in [0.25, 0.3) is 0 Å². The van der Waals surface area contributed by atoms with Crippen LogP contribution in [0.2, 0.25) is 0 Å². The van der Waals surface area contributed by atoms with E-state index in [-0.39, 0.29) is 35.1 Å². The molecule has 0 bridgehead atoms. The van der Waals surface area contributed by atoms with Gasteiger partial charge >= 0.3 is 35.8 Å². The molecule has 34 heavy (non-hydrogen) atoms. The Morgan fingerprint density at radius 3 is 1.00 bits per heavy atom. The Morgan fingerprint density at radius 1 is 0.471 bits per heavy atom. The molecule has 0 aliphatic heterocycles. The lowest BCUT2D eigenvalue weighted by molar-refractivity contribution is -0.139. The van der Waals surface area contributed by atoms with Gasteiger partial charge in [-0.1, -0.05) is 6.07 Å². The van der Waals surface area contributed by atoms with Crippen LogP contribution in [-0.2, 0) is 9.59 Å². The van der Waals surface area contributed by atoms with Crippen molar-refractivity contribution >= 4 is 35.8 Å². The number of unbranched alkanes of at least 4 members (excludes halogenated alkanes) is 1. The number of carboxylic acid groups (broad SMARTS) is 6. The van der Waals surface area contributed by atoms with Crippen LogP contribution in [-0.4, -0.2) is 66.5 Å². The maximum Gasteiger partial charge on any atom is 0.335 e. The van der Waals surface area contributed by atoms with Crippen molar-refractivity contribution in [2.24, 2.45) is 0 Å². The van der Waals surface area contributed by atoms with Crippen LogP contribution in [0, 0.1) is 0 Å². The lowest BCUT2D eigenvalue weighted by Gasteiger charge is -1.95. The van der Waals surface area contributed by atoms with Crippen molar-refractivity contribution in [2.75, 3.05) is 0 Å². The fraction of sp³-hybridized carbons (Fsp3) is 0.182. The minimum atomic E-state index is -1.13. The Hall–Kier alpha value is -4.74. The van der Waals surface area contributed by atoms with Gasteiger partial charge in [0.25, 0.3) is 0 Å². The van der Waals surface area contributed by atoms with Crippen LogP contribution in [0.1, 0.15) is 67.1 Å². The first-order chi connectivity index (χ1) is 15.8. The number of carboxylic acids is 6. The molecule has 0 aromatic heterocycles. The van der Waals surface area contributed by atoms with Gasteiger partial charge in [0, 0.05) is 12.8 Å². The third-order valence-corrected chi connectivity index (χ3v) is 3.77. The number of aliphatic carboxylic acids is 2. The monoisotopic (exact) mass is 478 g/mol. The second-order valence-electron chi connectivity index (χ2n) is 6.37. The summed E-state index contributed by atoms with van der Waals surface area (Å²) in [5.41, 5.74) is 0.129. The minimum absolute atomic E-state index is 0.0186. The third kappa shape index (κ3) is 12.8. The molecule has 6 N–H and O–H groups in total. The molecular weight excluding hydrogens is 456 g/mol. The van der Waals surface area contributed by atoms with Crippen molar-refractivity contribution < 1.29 is 59.4 Å². The van der Waals surface area contributed by atoms with E-state index in [0.717, 1.165) is 6.07 Å². The van der Waals surface area contributed by atoms with Crippen LogP contribution in [0.5, 0.6) is 0 Å². The van der Waals surface area contributed by atoms with Crippen LogP contribution >= 0.6 is 0 Å². The number of rotatable bonds is 9. The summed E-state index contributed by atoms with van der Waals surface area (Å²) in [5.74, 6) is -6.12. The number of benzene rings is 2. The molecule has 0 aliphatic rings. The summed E-state index contributed by atoms with van der Waals surface area (Å²) < 4.78 is 0. The molecule has 0 unspecified atom stereocenters. The molecule has 182 valence electrons. The summed E-state index contributed by atoms with van der Waals surface area (Å²) in [5, 5.41) is 50.2. The zero-order valence-electron chi connectivity index (χ0n) is 17.6. The van der Waals surface area contributed by atoms with E-state index in [1.807, 2.05) is 0 Å². The van der Waals surface area contributed by atoms with Gasteiger partial charge in [-0.2, -0.15) is 0 Å². The van der Waals surface area contributed by atoms with E-state index in [0.29, 0.717) is 12.8 Å². The highest BCUT2D eigenvalue weighted by molar-refractivity contribution is 5.93. The van der Waals surface area contributed by atoms with Crippen LogP contribution < -0.4 is 0 Å². The molecule has 0 saturated carbocycles. The van der Waals surface area contributed by atoms with Gasteiger partial charge in [-0.25, -0.2) is 19.2 Å². The van der Waals surface area contributed by atoms with Gasteiger partial charge in [0.1, 0.15) is 0 Å². The summed E-state index contributed by atoms with van der Waals surface area (Å²) in [6.45, 7) is 0. The first kappa shape index (κ1) is 29.3. The van der Waals surface area contributed by atoms with E-state index >= 15 is 0 Å².